The fourth-order valence-electron chi connectivity index (χ4n) is 0.973. The average Bonchev–Trinajstić information content (AvgIpc) is 1.82. The largest absolute Gasteiger partial charge is 0.0904 e. The van der Waals surface area contributed by atoms with E-state index in [1.807, 2.05) is 21.6 Å². The van der Waals surface area contributed by atoms with Gasteiger partial charge in [-0.2, -0.15) is 0 Å². The first-order valence-corrected chi connectivity index (χ1v) is 5.16. The van der Waals surface area contributed by atoms with Crippen LogP contribution in [0.3, 0.4) is 0 Å². The van der Waals surface area contributed by atoms with Crippen molar-refractivity contribution in [1.82, 2.24) is 0 Å². The van der Waals surface area contributed by atoms with Gasteiger partial charge in [0.15, 0.2) is 0 Å². The molecule has 1 fully saturated rings. The third-order valence-corrected chi connectivity index (χ3v) is 5.05. The van der Waals surface area contributed by atoms with Gasteiger partial charge in [0.2, 0.25) is 0 Å². The molecular formula is C6H12S2. The number of rotatable bonds is 0. The zero-order valence-electron chi connectivity index (χ0n) is 5.60. The minimum absolute atomic E-state index is 0.546. The van der Waals surface area contributed by atoms with E-state index in [2.05, 4.69) is 20.8 Å². The van der Waals surface area contributed by atoms with Crippen molar-refractivity contribution < 1.29 is 0 Å². The van der Waals surface area contributed by atoms with Gasteiger partial charge >= 0.3 is 0 Å². The highest BCUT2D eigenvalue weighted by molar-refractivity contribution is 8.77. The zero-order chi connectivity index (χ0) is 6.20. The van der Waals surface area contributed by atoms with Crippen molar-refractivity contribution in [3.63, 3.8) is 0 Å². The first kappa shape index (κ1) is 6.81. The molecule has 0 bridgehead atoms. The molecule has 48 valence electrons. The average molecular weight is 148 g/mol. The molecule has 2 heteroatoms. The lowest BCUT2D eigenvalue weighted by atomic mass is 10.1. The Labute approximate surface area is 59.2 Å². The van der Waals surface area contributed by atoms with Gasteiger partial charge in [-0.3, -0.25) is 0 Å². The molecule has 0 nitrogen and oxygen atoms in total. The lowest BCUT2D eigenvalue weighted by molar-refractivity contribution is 0.651. The predicted molar refractivity (Wildman–Crippen MR) is 43.3 cm³/mol. The normalized spacial score (nSPS) is 35.6. The lowest BCUT2D eigenvalue weighted by Gasteiger charge is -2.12. The van der Waals surface area contributed by atoms with Gasteiger partial charge in [0.1, 0.15) is 0 Å². The van der Waals surface area contributed by atoms with E-state index in [-0.39, 0.29) is 0 Å². The van der Waals surface area contributed by atoms with E-state index in [0.29, 0.717) is 4.75 Å². The van der Waals surface area contributed by atoms with E-state index in [0.717, 1.165) is 5.25 Å². The maximum Gasteiger partial charge on any atom is 0.0218 e. The highest BCUT2D eigenvalue weighted by Crippen LogP contribution is 2.50. The van der Waals surface area contributed by atoms with E-state index < -0.39 is 0 Å². The van der Waals surface area contributed by atoms with Crippen LogP contribution < -0.4 is 0 Å². The third kappa shape index (κ3) is 1.59. The first-order chi connectivity index (χ1) is 3.60. The van der Waals surface area contributed by atoms with Gasteiger partial charge in [-0.15, -0.1) is 0 Å². The molecule has 0 aromatic rings. The van der Waals surface area contributed by atoms with E-state index in [1.165, 1.54) is 6.42 Å². The smallest absolute Gasteiger partial charge is 0.0218 e. The Morgan fingerprint density at radius 2 is 2.12 bits per heavy atom. The quantitative estimate of drug-likeness (QED) is 0.484. The fourth-order valence-corrected chi connectivity index (χ4v) is 3.99. The molecule has 0 radical (unpaired) electrons. The summed E-state index contributed by atoms with van der Waals surface area (Å²) in [7, 11) is 4.05. The summed E-state index contributed by atoms with van der Waals surface area (Å²) in [6.45, 7) is 6.93. The van der Waals surface area contributed by atoms with Gasteiger partial charge in [-0.05, 0) is 20.3 Å². The number of hydrogen-bond acceptors (Lipinski definition) is 2. The molecule has 1 atom stereocenters. The molecule has 0 saturated carbocycles. The van der Waals surface area contributed by atoms with Gasteiger partial charge in [-0.1, -0.05) is 28.5 Å². The van der Waals surface area contributed by atoms with Crippen molar-refractivity contribution in [3.05, 3.63) is 0 Å². The summed E-state index contributed by atoms with van der Waals surface area (Å²) < 4.78 is 0.546. The topological polar surface area (TPSA) is 0 Å². The van der Waals surface area contributed by atoms with E-state index in [9.17, 15) is 0 Å². The van der Waals surface area contributed by atoms with Gasteiger partial charge in [0, 0.05) is 10.00 Å². The van der Waals surface area contributed by atoms with Crippen molar-refractivity contribution in [1.29, 1.82) is 0 Å². The molecule has 0 aromatic carbocycles. The SMILES string of the molecule is C[C@@H]1CC(C)(C)SS1. The molecule has 0 aliphatic carbocycles. The molecule has 0 aromatic heterocycles. The van der Waals surface area contributed by atoms with Crippen LogP contribution in [0.1, 0.15) is 27.2 Å². The summed E-state index contributed by atoms with van der Waals surface area (Å²) in [6, 6.07) is 0. The highest BCUT2D eigenvalue weighted by atomic mass is 33.1. The summed E-state index contributed by atoms with van der Waals surface area (Å²) in [5.74, 6) is 0. The molecule has 0 N–H and O–H groups in total. The summed E-state index contributed by atoms with van der Waals surface area (Å²) in [5.41, 5.74) is 0. The summed E-state index contributed by atoms with van der Waals surface area (Å²) in [4.78, 5) is 0. The van der Waals surface area contributed by atoms with E-state index in [1.54, 1.807) is 0 Å². The molecule has 0 amide bonds. The van der Waals surface area contributed by atoms with Crippen molar-refractivity contribution in [3.8, 4) is 0 Å². The minimum atomic E-state index is 0.546. The highest BCUT2D eigenvalue weighted by Gasteiger charge is 2.29. The minimum Gasteiger partial charge on any atom is -0.0904 e. The van der Waals surface area contributed by atoms with Crippen LogP contribution in [0.4, 0.5) is 0 Å². The van der Waals surface area contributed by atoms with Crippen LogP contribution in [0.25, 0.3) is 0 Å². The maximum atomic E-state index is 2.31. The number of hydrogen-bond donors (Lipinski definition) is 0. The van der Waals surface area contributed by atoms with E-state index in [4.69, 9.17) is 0 Å². The molecule has 0 unspecified atom stereocenters. The van der Waals surface area contributed by atoms with E-state index >= 15 is 0 Å². The zero-order valence-corrected chi connectivity index (χ0v) is 7.23. The van der Waals surface area contributed by atoms with Gasteiger partial charge < -0.3 is 0 Å². The summed E-state index contributed by atoms with van der Waals surface area (Å²) in [5, 5.41) is 0.870. The second kappa shape index (κ2) is 2.14. The molecule has 1 aliphatic rings. The molecule has 1 rings (SSSR count). The molecule has 1 heterocycles. The van der Waals surface area contributed by atoms with Gasteiger partial charge in [0.25, 0.3) is 0 Å². The monoisotopic (exact) mass is 148 g/mol. The first-order valence-electron chi connectivity index (χ1n) is 2.95. The Kier molecular flexibility index (Phi) is 1.83. The van der Waals surface area contributed by atoms with Crippen LogP contribution in [0, 0.1) is 0 Å². The molecule has 8 heavy (non-hydrogen) atoms. The second-order valence-electron chi connectivity index (χ2n) is 2.95. The van der Waals surface area contributed by atoms with Crippen LogP contribution in [0.5, 0.6) is 0 Å². The van der Waals surface area contributed by atoms with Gasteiger partial charge in [-0.25, -0.2) is 0 Å². The molecular weight excluding hydrogens is 136 g/mol. The van der Waals surface area contributed by atoms with Crippen molar-refractivity contribution >= 4 is 21.6 Å². The third-order valence-electron chi connectivity index (χ3n) is 1.22. The van der Waals surface area contributed by atoms with Crippen molar-refractivity contribution in [2.24, 2.45) is 0 Å². The Balaban J connectivity index is 2.44. The fraction of sp³-hybridized carbons (Fsp3) is 1.00. The molecule has 0 spiro atoms. The Bertz CT molecular complexity index is 88.5. The molecule has 1 saturated heterocycles. The second-order valence-corrected chi connectivity index (χ2v) is 6.30. The Morgan fingerprint density at radius 1 is 1.50 bits per heavy atom. The predicted octanol–water partition coefficient (Wildman–Crippen LogP) is 2.94. The van der Waals surface area contributed by atoms with Crippen LogP contribution in [0.2, 0.25) is 0 Å². The van der Waals surface area contributed by atoms with Crippen molar-refractivity contribution in [2.75, 3.05) is 0 Å². The van der Waals surface area contributed by atoms with Crippen LogP contribution in [0.15, 0.2) is 0 Å². The molecule has 1 aliphatic heterocycles. The Morgan fingerprint density at radius 3 is 2.25 bits per heavy atom. The standard InChI is InChI=1S/C6H12S2/c1-5-4-6(2,3)8-7-5/h5H,4H2,1-3H3/t5-/m1/s1. The van der Waals surface area contributed by atoms with Gasteiger partial charge in [0.05, 0.1) is 0 Å². The van der Waals surface area contributed by atoms with Crippen LogP contribution >= 0.6 is 21.6 Å². The lowest BCUT2D eigenvalue weighted by Crippen LogP contribution is -2.10. The summed E-state index contributed by atoms with van der Waals surface area (Å²) >= 11 is 0. The summed E-state index contributed by atoms with van der Waals surface area (Å²) in [6.07, 6.45) is 1.36. The van der Waals surface area contributed by atoms with Crippen molar-refractivity contribution in [2.45, 2.75) is 37.2 Å². The Hall–Kier alpha value is 0.700. The maximum absolute atomic E-state index is 2.31. The van der Waals surface area contributed by atoms with Crippen LogP contribution in [-0.2, 0) is 0 Å². The van der Waals surface area contributed by atoms with Crippen LogP contribution in [-0.4, -0.2) is 10.00 Å².